The van der Waals surface area contributed by atoms with Gasteiger partial charge in [-0.05, 0) is 39.8 Å². The number of nitrogens with zero attached hydrogens (tertiary/aromatic N) is 5. The van der Waals surface area contributed by atoms with Crippen molar-refractivity contribution in [3.05, 3.63) is 42.0 Å². The van der Waals surface area contributed by atoms with Crippen molar-refractivity contribution in [2.24, 2.45) is 0 Å². The quantitative estimate of drug-likeness (QED) is 0.368. The summed E-state index contributed by atoms with van der Waals surface area (Å²) in [6.07, 6.45) is 2.50. The van der Waals surface area contributed by atoms with Gasteiger partial charge in [-0.15, -0.1) is 5.10 Å². The van der Waals surface area contributed by atoms with E-state index in [9.17, 15) is 9.59 Å². The van der Waals surface area contributed by atoms with Gasteiger partial charge in [0.25, 0.3) is 5.91 Å². The summed E-state index contributed by atoms with van der Waals surface area (Å²) in [5.41, 5.74) is 3.55. The van der Waals surface area contributed by atoms with Gasteiger partial charge in [0.05, 0.1) is 42.5 Å². The Hall–Kier alpha value is -4.19. The maximum atomic E-state index is 13.1. The molecular formula is C24H28N8O4. The molecule has 2 amide bonds. The number of hydrogen-bond acceptors (Lipinski definition) is 8. The predicted molar refractivity (Wildman–Crippen MR) is 134 cm³/mol. The number of ether oxygens (including phenoxy) is 2. The van der Waals surface area contributed by atoms with Crippen LogP contribution in [0.2, 0.25) is 0 Å². The minimum absolute atomic E-state index is 0.223. The molecule has 0 aliphatic carbocycles. The molecule has 4 bridgehead atoms. The number of rotatable bonds is 1. The number of hydrogen-bond donors (Lipinski definition) is 3. The number of nitrogens with one attached hydrogen (secondary N) is 3. The molecule has 188 valence electrons. The van der Waals surface area contributed by atoms with Crippen LogP contribution in [0.4, 0.5) is 22.0 Å². The highest BCUT2D eigenvalue weighted by Gasteiger charge is 2.26. The van der Waals surface area contributed by atoms with Crippen LogP contribution in [0.3, 0.4) is 0 Å². The van der Waals surface area contributed by atoms with E-state index in [1.54, 1.807) is 40.2 Å². The van der Waals surface area contributed by atoms with Gasteiger partial charge in [-0.3, -0.25) is 9.69 Å². The molecule has 1 atom stereocenters. The van der Waals surface area contributed by atoms with E-state index in [2.05, 4.69) is 30.7 Å². The van der Waals surface area contributed by atoms with Crippen molar-refractivity contribution in [2.75, 3.05) is 23.9 Å². The van der Waals surface area contributed by atoms with Crippen molar-refractivity contribution in [1.29, 1.82) is 0 Å². The summed E-state index contributed by atoms with van der Waals surface area (Å²) in [7, 11) is 1.59. The highest BCUT2D eigenvalue weighted by molar-refractivity contribution is 5.97. The van der Waals surface area contributed by atoms with Crippen LogP contribution in [0.25, 0.3) is 16.7 Å². The molecule has 0 fully saturated rings. The molecule has 5 rings (SSSR count). The Labute approximate surface area is 207 Å². The molecule has 0 saturated carbocycles. The van der Waals surface area contributed by atoms with E-state index in [1.807, 2.05) is 19.1 Å². The number of amides is 2. The number of benzene rings is 1. The summed E-state index contributed by atoms with van der Waals surface area (Å²) in [6, 6.07) is 5.27. The SMILES string of the molecule is CC1COCc2cc(cc3[nH]cnc23)Nc2cc(N(C)C(=O)OC(C)(C)C)c3ncc(n3n2)C(=O)N1. The van der Waals surface area contributed by atoms with Gasteiger partial charge in [0.1, 0.15) is 5.60 Å². The van der Waals surface area contributed by atoms with Crippen LogP contribution in [0.15, 0.2) is 30.7 Å². The van der Waals surface area contributed by atoms with Crippen molar-refractivity contribution < 1.29 is 19.1 Å². The molecule has 4 heterocycles. The van der Waals surface area contributed by atoms with Crippen LogP contribution < -0.4 is 15.5 Å². The van der Waals surface area contributed by atoms with Gasteiger partial charge >= 0.3 is 6.09 Å². The fourth-order valence-electron chi connectivity index (χ4n) is 3.98. The number of H-pyrrole nitrogens is 1. The first-order valence-electron chi connectivity index (χ1n) is 11.6. The zero-order valence-corrected chi connectivity index (χ0v) is 20.7. The van der Waals surface area contributed by atoms with Crippen LogP contribution >= 0.6 is 0 Å². The first-order valence-corrected chi connectivity index (χ1v) is 11.6. The molecule has 3 aromatic heterocycles. The van der Waals surface area contributed by atoms with Crippen LogP contribution in [0.5, 0.6) is 0 Å². The number of imidazole rings is 2. The Bertz CT molecular complexity index is 1470. The predicted octanol–water partition coefficient (Wildman–Crippen LogP) is 3.37. The molecule has 0 saturated heterocycles. The molecule has 0 radical (unpaired) electrons. The summed E-state index contributed by atoms with van der Waals surface area (Å²) in [6.45, 7) is 7.86. The summed E-state index contributed by atoms with van der Waals surface area (Å²) >= 11 is 0. The molecule has 4 aromatic rings. The second kappa shape index (κ2) is 8.79. The average Bonchev–Trinajstić information content (AvgIpc) is 3.43. The fourth-order valence-corrected chi connectivity index (χ4v) is 3.98. The molecule has 1 aliphatic rings. The Morgan fingerprint density at radius 2 is 2.06 bits per heavy atom. The minimum atomic E-state index is -0.682. The van der Waals surface area contributed by atoms with Gasteiger partial charge in [-0.25, -0.2) is 19.3 Å². The second-order valence-electron chi connectivity index (χ2n) is 9.78. The number of carbonyl (C=O) groups is 2. The van der Waals surface area contributed by atoms with E-state index in [0.717, 1.165) is 22.3 Å². The molecule has 3 N–H and O–H groups in total. The number of anilines is 3. The van der Waals surface area contributed by atoms with Crippen LogP contribution in [0.1, 0.15) is 43.7 Å². The van der Waals surface area contributed by atoms with Crippen molar-refractivity contribution in [3.8, 4) is 0 Å². The van der Waals surface area contributed by atoms with Gasteiger partial charge in [-0.1, -0.05) is 0 Å². The summed E-state index contributed by atoms with van der Waals surface area (Å²) < 4.78 is 12.9. The van der Waals surface area contributed by atoms with E-state index in [4.69, 9.17) is 9.47 Å². The topological polar surface area (TPSA) is 139 Å². The Balaban J connectivity index is 1.66. The lowest BCUT2D eigenvalue weighted by Gasteiger charge is -2.25. The minimum Gasteiger partial charge on any atom is -0.443 e. The van der Waals surface area contributed by atoms with E-state index in [0.29, 0.717) is 30.4 Å². The van der Waals surface area contributed by atoms with Crippen LogP contribution in [-0.2, 0) is 16.1 Å². The Morgan fingerprint density at radius 3 is 2.83 bits per heavy atom. The number of fused-ring (bicyclic) bond motifs is 5. The van der Waals surface area contributed by atoms with Gasteiger partial charge in [0, 0.05) is 30.4 Å². The molecule has 1 aromatic carbocycles. The summed E-state index contributed by atoms with van der Waals surface area (Å²) in [5, 5.41) is 10.8. The van der Waals surface area contributed by atoms with Gasteiger partial charge < -0.3 is 25.1 Å². The smallest absolute Gasteiger partial charge is 0.414 e. The lowest BCUT2D eigenvalue weighted by atomic mass is 10.1. The van der Waals surface area contributed by atoms with E-state index in [1.165, 1.54) is 15.6 Å². The monoisotopic (exact) mass is 492 g/mol. The van der Waals surface area contributed by atoms with Crippen LogP contribution in [-0.4, -0.2) is 61.9 Å². The molecule has 12 heteroatoms. The Kier molecular flexibility index (Phi) is 5.75. The highest BCUT2D eigenvalue weighted by atomic mass is 16.6. The average molecular weight is 493 g/mol. The molecule has 0 spiro atoms. The van der Waals surface area contributed by atoms with Gasteiger partial charge in [0.2, 0.25) is 0 Å². The zero-order chi connectivity index (χ0) is 25.6. The highest BCUT2D eigenvalue weighted by Crippen LogP contribution is 2.29. The lowest BCUT2D eigenvalue weighted by molar-refractivity contribution is 0.0589. The van der Waals surface area contributed by atoms with E-state index >= 15 is 0 Å². The van der Waals surface area contributed by atoms with Gasteiger partial charge in [0.15, 0.2) is 17.2 Å². The standard InChI is InChI=1S/C24H28N8O4/c1-13-10-35-11-14-6-15(7-16-20(14)27-12-26-16)29-19-8-17(31(5)23(34)36-24(2,3)4)21-25-9-18(22(33)28-13)32(21)30-19/h6-9,12-13H,10-11H2,1-5H3,(H,26,27)(H,28,33)(H,29,30). The first kappa shape index (κ1) is 23.5. The number of aromatic nitrogens is 5. The molecule has 36 heavy (non-hydrogen) atoms. The largest absolute Gasteiger partial charge is 0.443 e. The van der Waals surface area contributed by atoms with Crippen molar-refractivity contribution in [2.45, 2.75) is 45.9 Å². The third kappa shape index (κ3) is 4.54. The van der Waals surface area contributed by atoms with Crippen LogP contribution in [0, 0.1) is 0 Å². The fraction of sp³-hybridized carbons (Fsp3) is 0.375. The van der Waals surface area contributed by atoms with Crippen molar-refractivity contribution in [3.63, 3.8) is 0 Å². The zero-order valence-electron chi connectivity index (χ0n) is 20.7. The maximum Gasteiger partial charge on any atom is 0.414 e. The third-order valence-corrected chi connectivity index (χ3v) is 5.59. The maximum absolute atomic E-state index is 13.1. The van der Waals surface area contributed by atoms with E-state index < -0.39 is 11.7 Å². The van der Waals surface area contributed by atoms with Crippen molar-refractivity contribution in [1.82, 2.24) is 29.9 Å². The molecule has 1 aliphatic heterocycles. The van der Waals surface area contributed by atoms with Crippen molar-refractivity contribution >= 4 is 45.9 Å². The number of aromatic amines is 1. The summed E-state index contributed by atoms with van der Waals surface area (Å²) in [4.78, 5) is 39.3. The van der Waals surface area contributed by atoms with Gasteiger partial charge in [-0.2, -0.15) is 0 Å². The lowest BCUT2D eigenvalue weighted by Crippen LogP contribution is -2.37. The Morgan fingerprint density at radius 1 is 1.25 bits per heavy atom. The summed E-state index contributed by atoms with van der Waals surface area (Å²) in [5.74, 6) is 0.0372. The molecular weight excluding hydrogens is 464 g/mol. The normalized spacial score (nSPS) is 16.5. The molecule has 12 nitrogen and oxygen atoms in total. The van der Waals surface area contributed by atoms with E-state index in [-0.39, 0.29) is 17.6 Å². The third-order valence-electron chi connectivity index (χ3n) is 5.59. The first-order chi connectivity index (χ1) is 17.1. The second-order valence-corrected chi connectivity index (χ2v) is 9.78. The molecule has 1 unspecified atom stereocenters. The number of carbonyl (C=O) groups excluding carboxylic acids is 2.